The second-order valence-corrected chi connectivity index (χ2v) is 9.23. The molecule has 0 aliphatic rings. The highest BCUT2D eigenvalue weighted by atomic mass is 32.2. The molecule has 1 amide bonds. The van der Waals surface area contributed by atoms with Crippen LogP contribution >= 0.6 is 11.3 Å². The lowest BCUT2D eigenvalue weighted by atomic mass is 10.1. The Morgan fingerprint density at radius 3 is 2.28 bits per heavy atom. The number of sulfonamides is 1. The van der Waals surface area contributed by atoms with Gasteiger partial charge in [-0.2, -0.15) is 13.9 Å². The fourth-order valence-electron chi connectivity index (χ4n) is 2.67. The molecule has 1 heterocycles. The van der Waals surface area contributed by atoms with Gasteiger partial charge in [0, 0.05) is 11.3 Å². The topological polar surface area (TPSA) is 96.9 Å². The van der Waals surface area contributed by atoms with Gasteiger partial charge in [-0.15, -0.1) is 11.3 Å². The first-order valence-corrected chi connectivity index (χ1v) is 11.7. The van der Waals surface area contributed by atoms with Gasteiger partial charge < -0.3 is 4.74 Å². The lowest BCUT2D eigenvalue weighted by Crippen LogP contribution is -2.20. The van der Waals surface area contributed by atoms with Crippen molar-refractivity contribution < 1.29 is 26.7 Å². The minimum absolute atomic E-state index is 0.0260. The predicted molar refractivity (Wildman–Crippen MR) is 119 cm³/mol. The molecule has 0 fully saturated rings. The van der Waals surface area contributed by atoms with Crippen molar-refractivity contribution in [1.29, 1.82) is 0 Å². The normalized spacial score (nSPS) is 11.9. The first kappa shape index (κ1) is 23.4. The van der Waals surface area contributed by atoms with E-state index in [1.165, 1.54) is 42.5 Å². The number of hydrogen-bond acceptors (Lipinski definition) is 6. The van der Waals surface area contributed by atoms with Gasteiger partial charge in [0.2, 0.25) is 0 Å². The summed E-state index contributed by atoms with van der Waals surface area (Å²) in [6.07, 6.45) is 0.485. The maximum absolute atomic E-state index is 12.4. The summed E-state index contributed by atoms with van der Waals surface area (Å²) in [5, 5.41) is 5.78. The number of carbonyl (C=O) groups excluding carboxylic acids is 1. The summed E-state index contributed by atoms with van der Waals surface area (Å²) in [7, 11) is -3.67. The third kappa shape index (κ3) is 6.11. The molecule has 0 saturated carbocycles. The second-order valence-electron chi connectivity index (χ2n) is 6.37. The molecular weight excluding hydrogens is 460 g/mol. The van der Waals surface area contributed by atoms with Gasteiger partial charge in [-0.05, 0) is 72.0 Å². The van der Waals surface area contributed by atoms with Crippen LogP contribution in [0.15, 0.2) is 75.4 Å². The van der Waals surface area contributed by atoms with Crippen molar-refractivity contribution in [2.75, 3.05) is 4.72 Å². The van der Waals surface area contributed by atoms with Crippen molar-refractivity contribution in [3.8, 4) is 5.75 Å². The molecule has 2 aromatic carbocycles. The number of nitrogens with one attached hydrogen (secondary N) is 2. The number of hydrazone groups is 1. The third-order valence-corrected chi connectivity index (χ3v) is 6.98. The van der Waals surface area contributed by atoms with E-state index in [4.69, 9.17) is 0 Å². The minimum Gasteiger partial charge on any atom is -0.435 e. The van der Waals surface area contributed by atoms with Crippen LogP contribution < -0.4 is 14.9 Å². The van der Waals surface area contributed by atoms with Crippen LogP contribution in [0.2, 0.25) is 0 Å². The van der Waals surface area contributed by atoms with Crippen LogP contribution in [0.5, 0.6) is 5.75 Å². The van der Waals surface area contributed by atoms with Gasteiger partial charge in [0.1, 0.15) is 9.96 Å². The molecule has 32 heavy (non-hydrogen) atoms. The molecule has 0 bridgehead atoms. The van der Waals surface area contributed by atoms with E-state index in [1.54, 1.807) is 23.6 Å². The van der Waals surface area contributed by atoms with Crippen molar-refractivity contribution in [2.24, 2.45) is 5.10 Å². The number of anilines is 1. The van der Waals surface area contributed by atoms with E-state index >= 15 is 0 Å². The SMILES string of the molecule is CC/C(=N\NC(=O)c1ccc(NS(=O)(=O)c2cccs2)cc1)c1ccc(OC(F)F)cc1. The molecule has 0 aliphatic carbocycles. The monoisotopic (exact) mass is 479 g/mol. The van der Waals surface area contributed by atoms with E-state index in [-0.39, 0.29) is 15.5 Å². The van der Waals surface area contributed by atoms with Gasteiger partial charge in [-0.1, -0.05) is 13.0 Å². The summed E-state index contributed by atoms with van der Waals surface area (Å²) >= 11 is 1.10. The molecule has 0 aliphatic heterocycles. The summed E-state index contributed by atoms with van der Waals surface area (Å²) in [6, 6.07) is 15.0. The molecule has 3 aromatic rings. The maximum Gasteiger partial charge on any atom is 0.387 e. The molecule has 0 atom stereocenters. The van der Waals surface area contributed by atoms with Crippen molar-refractivity contribution in [3.05, 3.63) is 77.2 Å². The van der Waals surface area contributed by atoms with Gasteiger partial charge >= 0.3 is 6.61 Å². The molecule has 0 saturated heterocycles. The number of hydrogen-bond donors (Lipinski definition) is 2. The number of ether oxygens (including phenoxy) is 1. The van der Waals surface area contributed by atoms with E-state index in [0.717, 1.165) is 11.3 Å². The predicted octanol–water partition coefficient (Wildman–Crippen LogP) is 4.69. The van der Waals surface area contributed by atoms with E-state index in [1.807, 2.05) is 6.92 Å². The number of nitrogens with zero attached hydrogens (tertiary/aromatic N) is 1. The van der Waals surface area contributed by atoms with Crippen LogP contribution in [0.25, 0.3) is 0 Å². The van der Waals surface area contributed by atoms with Crippen molar-refractivity contribution >= 4 is 38.7 Å². The minimum atomic E-state index is -3.67. The summed E-state index contributed by atoms with van der Waals surface area (Å²) in [5.74, 6) is -0.459. The third-order valence-electron chi connectivity index (χ3n) is 4.20. The second kappa shape index (κ2) is 10.3. The molecule has 0 radical (unpaired) electrons. The van der Waals surface area contributed by atoms with Crippen LogP contribution in [0.3, 0.4) is 0 Å². The van der Waals surface area contributed by atoms with Gasteiger partial charge in [-0.25, -0.2) is 13.8 Å². The van der Waals surface area contributed by atoms with Crippen LogP contribution in [0.1, 0.15) is 29.3 Å². The Morgan fingerprint density at radius 2 is 1.72 bits per heavy atom. The molecule has 1 aromatic heterocycles. The van der Waals surface area contributed by atoms with E-state index in [2.05, 4.69) is 20.0 Å². The van der Waals surface area contributed by atoms with Gasteiger partial charge in [0.15, 0.2) is 0 Å². The largest absolute Gasteiger partial charge is 0.435 e. The number of benzene rings is 2. The van der Waals surface area contributed by atoms with E-state index in [9.17, 15) is 22.0 Å². The zero-order valence-electron chi connectivity index (χ0n) is 16.8. The first-order valence-electron chi connectivity index (χ1n) is 9.37. The lowest BCUT2D eigenvalue weighted by Gasteiger charge is -2.09. The quantitative estimate of drug-likeness (QED) is 0.344. The van der Waals surface area contributed by atoms with Crippen LogP contribution in [0.4, 0.5) is 14.5 Å². The van der Waals surface area contributed by atoms with Crippen LogP contribution in [0, 0.1) is 0 Å². The Bertz CT molecular complexity index is 1180. The molecule has 168 valence electrons. The van der Waals surface area contributed by atoms with Crippen LogP contribution in [-0.2, 0) is 10.0 Å². The van der Waals surface area contributed by atoms with E-state index in [0.29, 0.717) is 23.4 Å². The van der Waals surface area contributed by atoms with Gasteiger partial charge in [0.05, 0.1) is 5.71 Å². The number of amides is 1. The van der Waals surface area contributed by atoms with Crippen LogP contribution in [-0.4, -0.2) is 26.6 Å². The summed E-state index contributed by atoms with van der Waals surface area (Å²) in [4.78, 5) is 12.4. The molecule has 11 heteroatoms. The highest BCUT2D eigenvalue weighted by Gasteiger charge is 2.15. The Kier molecular flexibility index (Phi) is 7.54. The molecule has 0 unspecified atom stereocenters. The standard InChI is InChI=1S/C21H19F2N3O4S2/c1-2-18(14-7-11-17(12-8-14)30-21(22)23)24-25-20(27)15-5-9-16(10-6-15)26-32(28,29)19-4-3-13-31-19/h3-13,21,26H,2H2,1H3,(H,25,27)/b24-18+. The Labute approximate surface area is 187 Å². The van der Waals surface area contributed by atoms with E-state index < -0.39 is 22.5 Å². The van der Waals surface area contributed by atoms with Gasteiger partial charge in [-0.3, -0.25) is 9.52 Å². The summed E-state index contributed by atoms with van der Waals surface area (Å²) in [6.45, 7) is -1.07. The lowest BCUT2D eigenvalue weighted by molar-refractivity contribution is -0.0498. The average molecular weight is 480 g/mol. The Morgan fingerprint density at radius 1 is 1.06 bits per heavy atom. The first-order chi connectivity index (χ1) is 15.3. The molecule has 2 N–H and O–H groups in total. The number of rotatable bonds is 9. The number of halogens is 2. The van der Waals surface area contributed by atoms with Crippen molar-refractivity contribution in [3.63, 3.8) is 0 Å². The highest BCUT2D eigenvalue weighted by Crippen LogP contribution is 2.20. The smallest absolute Gasteiger partial charge is 0.387 e. The summed E-state index contributed by atoms with van der Waals surface area (Å²) < 4.78 is 56.0. The summed E-state index contributed by atoms with van der Waals surface area (Å²) in [5.41, 5.74) is 4.24. The van der Waals surface area contributed by atoms with Crippen molar-refractivity contribution in [2.45, 2.75) is 24.2 Å². The maximum atomic E-state index is 12.4. The number of thiophene rings is 1. The Balaban J connectivity index is 1.65. The fourth-order valence-corrected chi connectivity index (χ4v) is 4.72. The number of alkyl halides is 2. The molecule has 7 nitrogen and oxygen atoms in total. The highest BCUT2D eigenvalue weighted by molar-refractivity contribution is 7.94. The molecular formula is C21H19F2N3O4S2. The zero-order chi connectivity index (χ0) is 23.1. The molecule has 0 spiro atoms. The number of carbonyl (C=O) groups is 1. The Hall–Kier alpha value is -3.31. The molecule has 3 rings (SSSR count). The zero-order valence-corrected chi connectivity index (χ0v) is 18.4. The average Bonchev–Trinajstić information content (AvgIpc) is 3.31. The fraction of sp³-hybridized carbons (Fsp3) is 0.143. The van der Waals surface area contributed by atoms with Gasteiger partial charge in [0.25, 0.3) is 15.9 Å². The van der Waals surface area contributed by atoms with Crippen molar-refractivity contribution in [1.82, 2.24) is 5.43 Å².